The molecular formula is C16H18N2. The number of anilines is 1. The minimum absolute atomic E-state index is 0.666. The number of hydrogen-bond donors (Lipinski definition) is 0. The zero-order chi connectivity index (χ0) is 11.9. The lowest BCUT2D eigenvalue weighted by atomic mass is 10.1. The Hall–Kier alpha value is -1.70. The highest BCUT2D eigenvalue weighted by Crippen LogP contribution is 2.34. The van der Waals surface area contributed by atoms with Crippen LogP contribution in [0.5, 0.6) is 0 Å². The average Bonchev–Trinajstić information content (AvgIpc) is 2.53. The topological polar surface area (TPSA) is 6.48 Å². The summed E-state index contributed by atoms with van der Waals surface area (Å²) in [4.78, 5) is 5.18. The second-order valence-electron chi connectivity index (χ2n) is 5.43. The van der Waals surface area contributed by atoms with Crippen molar-refractivity contribution in [3.05, 3.63) is 53.8 Å². The molecule has 0 saturated carbocycles. The van der Waals surface area contributed by atoms with Crippen molar-refractivity contribution >= 4 is 5.69 Å². The van der Waals surface area contributed by atoms with Gasteiger partial charge in [0.05, 0.1) is 6.04 Å². The van der Waals surface area contributed by atoms with Gasteiger partial charge in [-0.25, -0.2) is 0 Å². The van der Waals surface area contributed by atoms with Crippen molar-refractivity contribution in [3.63, 3.8) is 0 Å². The van der Waals surface area contributed by atoms with E-state index < -0.39 is 0 Å². The summed E-state index contributed by atoms with van der Waals surface area (Å²) in [6, 6.07) is 9.57. The molecule has 0 radical (unpaired) electrons. The van der Waals surface area contributed by atoms with E-state index in [1.54, 1.807) is 0 Å². The molecular weight excluding hydrogens is 220 g/mol. The average molecular weight is 238 g/mol. The van der Waals surface area contributed by atoms with E-state index in [2.05, 4.69) is 52.3 Å². The number of benzene rings is 1. The Morgan fingerprint density at radius 3 is 2.83 bits per heavy atom. The van der Waals surface area contributed by atoms with Crippen molar-refractivity contribution in [2.75, 3.05) is 24.5 Å². The lowest BCUT2D eigenvalue weighted by molar-refractivity contribution is 0.349. The Bertz CT molecular complexity index is 530. The number of hydrogen-bond acceptors (Lipinski definition) is 2. The maximum Gasteiger partial charge on any atom is 0.0506 e. The standard InChI is InChI=1S/C16H18N2/c1-2-8-16-13(5-1)11-15-12-17(14-6-3-7-14)9-4-10-18(15)16/h1-3,5-8,15H,4,9-12H2. The zero-order valence-electron chi connectivity index (χ0n) is 10.5. The Morgan fingerprint density at radius 2 is 2.00 bits per heavy atom. The third-order valence-electron chi connectivity index (χ3n) is 4.35. The molecule has 1 saturated heterocycles. The molecule has 1 aromatic carbocycles. The van der Waals surface area contributed by atoms with E-state index in [1.165, 1.54) is 49.4 Å². The van der Waals surface area contributed by atoms with Crippen molar-refractivity contribution in [1.29, 1.82) is 0 Å². The van der Waals surface area contributed by atoms with Crippen LogP contribution in [0.15, 0.2) is 48.2 Å². The van der Waals surface area contributed by atoms with Crippen LogP contribution in [-0.4, -0.2) is 30.6 Å². The van der Waals surface area contributed by atoms with Crippen LogP contribution < -0.4 is 4.90 Å². The molecule has 1 aliphatic carbocycles. The van der Waals surface area contributed by atoms with Crippen LogP contribution in [-0.2, 0) is 6.42 Å². The van der Waals surface area contributed by atoms with E-state index in [1.807, 2.05) is 0 Å². The van der Waals surface area contributed by atoms with Crippen LogP contribution in [0.2, 0.25) is 0 Å². The fraction of sp³-hybridized carbons (Fsp3) is 0.375. The first-order valence-electron chi connectivity index (χ1n) is 6.90. The first-order valence-corrected chi connectivity index (χ1v) is 6.90. The van der Waals surface area contributed by atoms with Crippen molar-refractivity contribution in [2.24, 2.45) is 0 Å². The molecule has 0 N–H and O–H groups in total. The highest BCUT2D eigenvalue weighted by atomic mass is 15.3. The van der Waals surface area contributed by atoms with E-state index in [0.717, 1.165) is 0 Å². The van der Waals surface area contributed by atoms with Crippen molar-refractivity contribution in [1.82, 2.24) is 4.90 Å². The Kier molecular flexibility index (Phi) is 2.22. The van der Waals surface area contributed by atoms with E-state index in [9.17, 15) is 0 Å². The quantitative estimate of drug-likeness (QED) is 0.742. The van der Waals surface area contributed by atoms with Gasteiger partial charge < -0.3 is 9.80 Å². The Balaban J connectivity index is 1.61. The molecule has 2 aliphatic heterocycles. The third-order valence-corrected chi connectivity index (χ3v) is 4.35. The minimum atomic E-state index is 0.666. The molecule has 0 amide bonds. The summed E-state index contributed by atoms with van der Waals surface area (Å²) in [5.41, 5.74) is 4.43. The van der Waals surface area contributed by atoms with Gasteiger partial charge in [0, 0.05) is 31.0 Å². The Labute approximate surface area is 108 Å². The van der Waals surface area contributed by atoms with Crippen molar-refractivity contribution in [2.45, 2.75) is 18.9 Å². The van der Waals surface area contributed by atoms with Gasteiger partial charge in [0.2, 0.25) is 0 Å². The predicted molar refractivity (Wildman–Crippen MR) is 74.7 cm³/mol. The van der Waals surface area contributed by atoms with Gasteiger partial charge in [-0.15, -0.1) is 0 Å². The fourth-order valence-corrected chi connectivity index (χ4v) is 3.40. The van der Waals surface area contributed by atoms with Crippen molar-refractivity contribution < 1.29 is 0 Å². The molecule has 4 rings (SSSR count). The van der Waals surface area contributed by atoms with Gasteiger partial charge in [-0.05, 0) is 36.6 Å². The molecule has 18 heavy (non-hydrogen) atoms. The van der Waals surface area contributed by atoms with Crippen LogP contribution >= 0.6 is 0 Å². The van der Waals surface area contributed by atoms with Gasteiger partial charge in [0.25, 0.3) is 0 Å². The van der Waals surface area contributed by atoms with Gasteiger partial charge in [0.15, 0.2) is 0 Å². The molecule has 1 atom stereocenters. The monoisotopic (exact) mass is 238 g/mol. The van der Waals surface area contributed by atoms with Gasteiger partial charge >= 0.3 is 0 Å². The van der Waals surface area contributed by atoms with Gasteiger partial charge in [-0.2, -0.15) is 0 Å². The first-order chi connectivity index (χ1) is 8.92. The highest BCUT2D eigenvalue weighted by molar-refractivity contribution is 5.59. The summed E-state index contributed by atoms with van der Waals surface area (Å²) in [5.74, 6) is 0. The lowest BCUT2D eigenvalue weighted by Gasteiger charge is -2.30. The number of nitrogens with zero attached hydrogens (tertiary/aromatic N) is 2. The minimum Gasteiger partial charge on any atom is -0.369 e. The molecule has 0 bridgehead atoms. The van der Waals surface area contributed by atoms with Crippen LogP contribution in [0, 0.1) is 0 Å². The van der Waals surface area contributed by atoms with Crippen molar-refractivity contribution in [3.8, 4) is 0 Å². The SMILES string of the molecule is C1=CC(N2CCCN3c4ccccc4CC3C2)=C1. The predicted octanol–water partition coefficient (Wildman–Crippen LogP) is 2.58. The fourth-order valence-electron chi connectivity index (χ4n) is 3.40. The molecule has 2 heterocycles. The third kappa shape index (κ3) is 1.48. The van der Waals surface area contributed by atoms with Gasteiger partial charge in [-0.3, -0.25) is 0 Å². The summed E-state index contributed by atoms with van der Waals surface area (Å²) < 4.78 is 0. The molecule has 1 aromatic rings. The maximum absolute atomic E-state index is 2.62. The maximum atomic E-state index is 2.62. The number of allylic oxidation sites excluding steroid dienone is 3. The number of rotatable bonds is 1. The second kappa shape index (κ2) is 3.91. The smallest absolute Gasteiger partial charge is 0.0506 e. The number of para-hydroxylation sites is 1. The molecule has 1 fully saturated rings. The summed E-state index contributed by atoms with van der Waals surface area (Å²) >= 11 is 0. The second-order valence-corrected chi connectivity index (χ2v) is 5.43. The highest BCUT2D eigenvalue weighted by Gasteiger charge is 2.32. The molecule has 92 valence electrons. The zero-order valence-corrected chi connectivity index (χ0v) is 10.5. The first kappa shape index (κ1) is 10.2. The van der Waals surface area contributed by atoms with Crippen LogP contribution in [0.1, 0.15) is 12.0 Å². The van der Waals surface area contributed by atoms with E-state index in [4.69, 9.17) is 0 Å². The molecule has 3 aliphatic rings. The van der Waals surface area contributed by atoms with Crippen LogP contribution in [0.4, 0.5) is 5.69 Å². The molecule has 2 heteroatoms. The summed E-state index contributed by atoms with van der Waals surface area (Å²) in [6.07, 6.45) is 9.08. The summed E-state index contributed by atoms with van der Waals surface area (Å²) in [5, 5.41) is 0. The van der Waals surface area contributed by atoms with E-state index >= 15 is 0 Å². The van der Waals surface area contributed by atoms with Gasteiger partial charge in [-0.1, -0.05) is 24.3 Å². The number of fused-ring (bicyclic) bond motifs is 3. The van der Waals surface area contributed by atoms with E-state index in [-0.39, 0.29) is 0 Å². The normalized spacial score (nSPS) is 25.1. The van der Waals surface area contributed by atoms with Crippen LogP contribution in [0.25, 0.3) is 0 Å². The lowest BCUT2D eigenvalue weighted by Crippen LogP contribution is -2.38. The molecule has 0 aromatic heterocycles. The summed E-state index contributed by atoms with van der Waals surface area (Å²) in [7, 11) is 0. The molecule has 0 spiro atoms. The largest absolute Gasteiger partial charge is 0.369 e. The molecule has 2 nitrogen and oxygen atoms in total. The Morgan fingerprint density at radius 1 is 1.11 bits per heavy atom. The summed E-state index contributed by atoms with van der Waals surface area (Å²) in [6.45, 7) is 3.57. The van der Waals surface area contributed by atoms with E-state index in [0.29, 0.717) is 6.04 Å². The van der Waals surface area contributed by atoms with Gasteiger partial charge in [0.1, 0.15) is 0 Å². The molecule has 1 unspecified atom stereocenters. The van der Waals surface area contributed by atoms with Crippen LogP contribution in [0.3, 0.4) is 0 Å².